The van der Waals surface area contributed by atoms with Crippen molar-refractivity contribution in [2.45, 2.75) is 24.3 Å². The minimum Gasteiger partial charge on any atom is -0.356 e. The highest BCUT2D eigenvalue weighted by Gasteiger charge is 2.33. The van der Waals surface area contributed by atoms with Gasteiger partial charge in [-0.25, -0.2) is 0 Å². The zero-order chi connectivity index (χ0) is 18.2. The van der Waals surface area contributed by atoms with Crippen molar-refractivity contribution >= 4 is 23.6 Å². The van der Waals surface area contributed by atoms with Gasteiger partial charge in [0.1, 0.15) is 0 Å². The minimum absolute atomic E-state index is 0.00128. The lowest BCUT2D eigenvalue weighted by Gasteiger charge is -2.16. The Bertz CT molecular complexity index is 721. The molecule has 0 spiro atoms. The van der Waals surface area contributed by atoms with Crippen LogP contribution in [0.3, 0.4) is 0 Å². The zero-order valence-electron chi connectivity index (χ0n) is 14.8. The number of hydrogen-bond acceptors (Lipinski definition) is 3. The summed E-state index contributed by atoms with van der Waals surface area (Å²) in [6, 6.07) is 20.2. The Morgan fingerprint density at radius 1 is 1.08 bits per heavy atom. The molecular weight excluding hydrogens is 344 g/mol. The van der Waals surface area contributed by atoms with Crippen LogP contribution >= 0.6 is 11.8 Å². The molecule has 0 saturated carbocycles. The van der Waals surface area contributed by atoms with E-state index in [9.17, 15) is 9.59 Å². The summed E-state index contributed by atoms with van der Waals surface area (Å²) in [7, 11) is 0. The van der Waals surface area contributed by atoms with E-state index < -0.39 is 0 Å². The van der Waals surface area contributed by atoms with Crippen molar-refractivity contribution in [1.82, 2.24) is 10.2 Å². The fourth-order valence-electron chi connectivity index (χ4n) is 3.04. The Labute approximate surface area is 159 Å². The first-order chi connectivity index (χ1) is 12.7. The normalized spacial score (nSPS) is 16.7. The molecule has 1 unspecified atom stereocenters. The Hall–Kier alpha value is -2.27. The molecule has 0 aliphatic carbocycles. The van der Waals surface area contributed by atoms with E-state index >= 15 is 0 Å². The van der Waals surface area contributed by atoms with Gasteiger partial charge in [-0.1, -0.05) is 48.5 Å². The molecule has 3 rings (SSSR count). The summed E-state index contributed by atoms with van der Waals surface area (Å²) >= 11 is 1.79. The molecule has 0 bridgehead atoms. The molecule has 0 aromatic heterocycles. The van der Waals surface area contributed by atoms with E-state index in [4.69, 9.17) is 0 Å². The molecule has 1 N–H and O–H groups in total. The van der Waals surface area contributed by atoms with Gasteiger partial charge < -0.3 is 10.2 Å². The molecular formula is C21H24N2O2S. The predicted octanol–water partition coefficient (Wildman–Crippen LogP) is 3.33. The van der Waals surface area contributed by atoms with Crippen molar-refractivity contribution in [1.29, 1.82) is 0 Å². The number of thioether (sulfide) groups is 1. The third-order valence-electron chi connectivity index (χ3n) is 4.43. The molecule has 2 aromatic rings. The van der Waals surface area contributed by atoms with E-state index in [2.05, 4.69) is 17.4 Å². The quantitative estimate of drug-likeness (QED) is 0.574. The molecule has 5 heteroatoms. The number of nitrogens with zero attached hydrogens (tertiary/aromatic N) is 1. The van der Waals surface area contributed by atoms with E-state index in [0.717, 1.165) is 17.7 Å². The van der Waals surface area contributed by atoms with E-state index in [0.29, 0.717) is 26.1 Å². The van der Waals surface area contributed by atoms with Crippen LogP contribution in [0.4, 0.5) is 0 Å². The highest BCUT2D eigenvalue weighted by molar-refractivity contribution is 7.99. The number of carbonyl (C=O) groups excluding carboxylic acids is 2. The molecule has 4 nitrogen and oxygen atoms in total. The molecule has 1 aliphatic heterocycles. The number of likely N-dealkylation sites (tertiary alicyclic amines) is 1. The van der Waals surface area contributed by atoms with Crippen LogP contribution in [0.1, 0.15) is 18.4 Å². The van der Waals surface area contributed by atoms with Gasteiger partial charge in [-0.3, -0.25) is 9.59 Å². The summed E-state index contributed by atoms with van der Waals surface area (Å²) in [5, 5.41) is 2.98. The van der Waals surface area contributed by atoms with E-state index in [1.807, 2.05) is 48.5 Å². The first-order valence-corrected chi connectivity index (χ1v) is 9.98. The van der Waals surface area contributed by atoms with Crippen molar-refractivity contribution in [3.05, 3.63) is 66.2 Å². The molecule has 26 heavy (non-hydrogen) atoms. The molecule has 1 atom stereocenters. The van der Waals surface area contributed by atoms with Crippen LogP contribution in [0, 0.1) is 5.92 Å². The van der Waals surface area contributed by atoms with Crippen LogP contribution in [0.25, 0.3) is 0 Å². The fraction of sp³-hybridized carbons (Fsp3) is 0.333. The highest BCUT2D eigenvalue weighted by atomic mass is 32.2. The number of benzene rings is 2. The molecule has 1 heterocycles. The van der Waals surface area contributed by atoms with Crippen molar-refractivity contribution < 1.29 is 9.59 Å². The smallest absolute Gasteiger partial charge is 0.225 e. The van der Waals surface area contributed by atoms with Gasteiger partial charge in [-0.2, -0.15) is 0 Å². The summed E-state index contributed by atoms with van der Waals surface area (Å²) in [6.45, 7) is 1.75. The van der Waals surface area contributed by atoms with Crippen molar-refractivity contribution in [2.75, 3.05) is 18.8 Å². The van der Waals surface area contributed by atoms with Crippen LogP contribution in [0.5, 0.6) is 0 Å². The highest BCUT2D eigenvalue weighted by Crippen LogP contribution is 2.21. The zero-order valence-corrected chi connectivity index (χ0v) is 15.6. The number of rotatable bonds is 8. The maximum Gasteiger partial charge on any atom is 0.225 e. The minimum atomic E-state index is -0.229. The SMILES string of the molecule is O=C(NCCCSc1ccccc1)C1CC(=O)N(Cc2ccccc2)C1. The number of carbonyl (C=O) groups is 2. The average Bonchev–Trinajstić information content (AvgIpc) is 3.03. The average molecular weight is 369 g/mol. The molecule has 2 amide bonds. The lowest BCUT2D eigenvalue weighted by molar-refractivity contribution is -0.129. The Kier molecular flexibility index (Phi) is 6.72. The number of nitrogens with one attached hydrogen (secondary N) is 1. The summed E-state index contributed by atoms with van der Waals surface area (Å²) in [5.74, 6) is 0.800. The van der Waals surface area contributed by atoms with Gasteiger partial charge in [0.15, 0.2) is 0 Å². The molecule has 136 valence electrons. The second-order valence-corrected chi connectivity index (χ2v) is 7.64. The van der Waals surface area contributed by atoms with Gasteiger partial charge in [-0.15, -0.1) is 11.8 Å². The van der Waals surface area contributed by atoms with E-state index in [-0.39, 0.29) is 17.7 Å². The summed E-state index contributed by atoms with van der Waals surface area (Å²) in [4.78, 5) is 27.5. The van der Waals surface area contributed by atoms with Gasteiger partial charge in [0.25, 0.3) is 0 Å². The second kappa shape index (κ2) is 9.43. The van der Waals surface area contributed by atoms with E-state index in [1.54, 1.807) is 16.7 Å². The maximum atomic E-state index is 12.3. The Balaban J connectivity index is 1.36. The largest absolute Gasteiger partial charge is 0.356 e. The summed E-state index contributed by atoms with van der Waals surface area (Å²) < 4.78 is 0. The van der Waals surface area contributed by atoms with Gasteiger partial charge >= 0.3 is 0 Å². The van der Waals surface area contributed by atoms with Crippen LogP contribution in [-0.2, 0) is 16.1 Å². The molecule has 1 saturated heterocycles. The summed E-state index contributed by atoms with van der Waals surface area (Å²) in [6.07, 6.45) is 1.23. The topological polar surface area (TPSA) is 49.4 Å². The van der Waals surface area contributed by atoms with Gasteiger partial charge in [0, 0.05) is 31.0 Å². The van der Waals surface area contributed by atoms with Crippen molar-refractivity contribution in [3.8, 4) is 0 Å². The molecule has 0 radical (unpaired) electrons. The molecule has 1 fully saturated rings. The molecule has 2 aromatic carbocycles. The van der Waals surface area contributed by atoms with Crippen molar-refractivity contribution in [2.24, 2.45) is 5.92 Å². The van der Waals surface area contributed by atoms with Gasteiger partial charge in [0.05, 0.1) is 5.92 Å². The fourth-order valence-corrected chi connectivity index (χ4v) is 3.91. The van der Waals surface area contributed by atoms with Crippen LogP contribution < -0.4 is 5.32 Å². The monoisotopic (exact) mass is 368 g/mol. The molecule has 1 aliphatic rings. The lowest BCUT2D eigenvalue weighted by Crippen LogP contribution is -2.33. The van der Waals surface area contributed by atoms with Crippen molar-refractivity contribution in [3.63, 3.8) is 0 Å². The predicted molar refractivity (Wildman–Crippen MR) is 105 cm³/mol. The summed E-state index contributed by atoms with van der Waals surface area (Å²) in [5.41, 5.74) is 1.10. The van der Waals surface area contributed by atoms with Crippen LogP contribution in [0.15, 0.2) is 65.6 Å². The first kappa shape index (κ1) is 18.5. The second-order valence-electron chi connectivity index (χ2n) is 6.47. The Morgan fingerprint density at radius 2 is 1.77 bits per heavy atom. The number of hydrogen-bond donors (Lipinski definition) is 1. The first-order valence-electron chi connectivity index (χ1n) is 8.99. The van der Waals surface area contributed by atoms with Gasteiger partial charge in [0.2, 0.25) is 11.8 Å². The standard InChI is InChI=1S/C21H24N2O2S/c24-20-14-18(16-23(20)15-17-8-3-1-4-9-17)21(25)22-12-7-13-26-19-10-5-2-6-11-19/h1-6,8-11,18H,7,12-16H2,(H,22,25). The van der Waals surface area contributed by atoms with Gasteiger partial charge in [-0.05, 0) is 29.9 Å². The lowest BCUT2D eigenvalue weighted by atomic mass is 10.1. The van der Waals surface area contributed by atoms with Crippen LogP contribution in [0.2, 0.25) is 0 Å². The number of amides is 2. The van der Waals surface area contributed by atoms with Crippen LogP contribution in [-0.4, -0.2) is 35.6 Å². The van der Waals surface area contributed by atoms with E-state index in [1.165, 1.54) is 4.90 Å². The maximum absolute atomic E-state index is 12.3. The third-order valence-corrected chi connectivity index (χ3v) is 5.53. The Morgan fingerprint density at radius 3 is 2.50 bits per heavy atom. The third kappa shape index (κ3) is 5.36.